The van der Waals surface area contributed by atoms with Gasteiger partial charge >= 0.3 is 6.18 Å². The second-order valence-corrected chi connectivity index (χ2v) is 9.11. The predicted molar refractivity (Wildman–Crippen MR) is 123 cm³/mol. The van der Waals surface area contributed by atoms with Gasteiger partial charge in [0.1, 0.15) is 5.52 Å². The van der Waals surface area contributed by atoms with Gasteiger partial charge in [-0.15, -0.1) is 11.3 Å². The SMILES string of the molecule is FC(F)(F)c1ccc(Cn2cnc3c(NC4CC4)nc(-c4csc5ccccc45)nc32)cc1. The number of benzene rings is 2. The monoisotopic (exact) mass is 465 g/mol. The first-order valence-electron chi connectivity index (χ1n) is 10.6. The molecule has 0 aliphatic heterocycles. The van der Waals surface area contributed by atoms with E-state index in [2.05, 4.69) is 27.8 Å². The van der Waals surface area contributed by atoms with Crippen LogP contribution in [0.5, 0.6) is 0 Å². The third-order valence-electron chi connectivity index (χ3n) is 5.74. The molecule has 0 saturated heterocycles. The van der Waals surface area contributed by atoms with Gasteiger partial charge in [-0.2, -0.15) is 13.2 Å². The van der Waals surface area contributed by atoms with Crippen molar-refractivity contribution in [2.75, 3.05) is 5.32 Å². The number of hydrogen-bond acceptors (Lipinski definition) is 5. The van der Waals surface area contributed by atoms with Crippen molar-refractivity contribution in [3.8, 4) is 11.4 Å². The van der Waals surface area contributed by atoms with Crippen molar-refractivity contribution in [3.63, 3.8) is 0 Å². The molecule has 9 heteroatoms. The molecule has 3 heterocycles. The number of anilines is 1. The van der Waals surface area contributed by atoms with Gasteiger partial charge < -0.3 is 9.88 Å². The summed E-state index contributed by atoms with van der Waals surface area (Å²) >= 11 is 1.64. The molecule has 5 aromatic rings. The quantitative estimate of drug-likeness (QED) is 0.329. The average Bonchev–Trinajstić information content (AvgIpc) is 3.36. The number of fused-ring (bicyclic) bond motifs is 2. The first-order valence-corrected chi connectivity index (χ1v) is 11.5. The Kier molecular flexibility index (Phi) is 4.62. The summed E-state index contributed by atoms with van der Waals surface area (Å²) in [6.45, 7) is 0.359. The summed E-state index contributed by atoms with van der Waals surface area (Å²) in [6.07, 6.45) is -0.497. The van der Waals surface area contributed by atoms with E-state index in [4.69, 9.17) is 9.97 Å². The smallest absolute Gasteiger partial charge is 0.365 e. The van der Waals surface area contributed by atoms with E-state index in [0.29, 0.717) is 35.4 Å². The molecule has 166 valence electrons. The zero-order valence-corrected chi connectivity index (χ0v) is 18.1. The molecule has 33 heavy (non-hydrogen) atoms. The Labute approximate surface area is 190 Å². The number of imidazole rings is 1. The number of thiophene rings is 1. The minimum atomic E-state index is -4.35. The molecular weight excluding hydrogens is 447 g/mol. The van der Waals surface area contributed by atoms with Gasteiger partial charge in [0.15, 0.2) is 17.3 Å². The lowest BCUT2D eigenvalue weighted by Gasteiger charge is -2.10. The highest BCUT2D eigenvalue weighted by Crippen LogP contribution is 2.35. The van der Waals surface area contributed by atoms with Crippen LogP contribution in [0.3, 0.4) is 0 Å². The number of rotatable bonds is 5. The topological polar surface area (TPSA) is 55.6 Å². The Morgan fingerprint density at radius 3 is 2.58 bits per heavy atom. The van der Waals surface area contributed by atoms with E-state index in [9.17, 15) is 13.2 Å². The maximum Gasteiger partial charge on any atom is 0.416 e. The normalized spacial score (nSPS) is 14.3. The Hall–Kier alpha value is -3.46. The van der Waals surface area contributed by atoms with Crippen LogP contribution >= 0.6 is 11.3 Å². The van der Waals surface area contributed by atoms with Crippen LogP contribution in [-0.2, 0) is 12.7 Å². The summed E-state index contributed by atoms with van der Waals surface area (Å²) < 4.78 is 41.7. The molecule has 0 radical (unpaired) electrons. The van der Waals surface area contributed by atoms with Gasteiger partial charge in [-0.3, -0.25) is 0 Å². The number of aromatic nitrogens is 4. The molecule has 1 aliphatic rings. The Balaban J connectivity index is 1.43. The first-order chi connectivity index (χ1) is 16.0. The zero-order valence-electron chi connectivity index (χ0n) is 17.3. The van der Waals surface area contributed by atoms with E-state index in [1.165, 1.54) is 12.1 Å². The summed E-state index contributed by atoms with van der Waals surface area (Å²) in [5.41, 5.74) is 2.35. The highest BCUT2D eigenvalue weighted by molar-refractivity contribution is 7.17. The van der Waals surface area contributed by atoms with Crippen molar-refractivity contribution >= 4 is 38.4 Å². The molecule has 1 fully saturated rings. The summed E-state index contributed by atoms with van der Waals surface area (Å²) in [5.74, 6) is 1.30. The summed E-state index contributed by atoms with van der Waals surface area (Å²) in [5, 5.41) is 6.61. The number of nitrogens with zero attached hydrogens (tertiary/aromatic N) is 4. The molecule has 0 bridgehead atoms. The lowest BCUT2D eigenvalue weighted by Crippen LogP contribution is -2.07. The van der Waals surface area contributed by atoms with Gasteiger partial charge in [0.25, 0.3) is 0 Å². The molecule has 0 unspecified atom stereocenters. The lowest BCUT2D eigenvalue weighted by atomic mass is 10.1. The van der Waals surface area contributed by atoms with Crippen LogP contribution in [0.15, 0.2) is 60.2 Å². The fourth-order valence-corrected chi connectivity index (χ4v) is 4.79. The number of hydrogen-bond donors (Lipinski definition) is 1. The first kappa shape index (κ1) is 20.2. The Bertz CT molecular complexity index is 1470. The highest BCUT2D eigenvalue weighted by Gasteiger charge is 2.30. The maximum absolute atomic E-state index is 12.9. The predicted octanol–water partition coefficient (Wildman–Crippen LogP) is 6.35. The van der Waals surface area contributed by atoms with Crippen molar-refractivity contribution in [2.45, 2.75) is 31.6 Å². The fourth-order valence-electron chi connectivity index (χ4n) is 3.85. The average molecular weight is 466 g/mol. The van der Waals surface area contributed by atoms with Crippen molar-refractivity contribution in [1.29, 1.82) is 0 Å². The maximum atomic E-state index is 12.9. The summed E-state index contributed by atoms with van der Waals surface area (Å²) in [6, 6.07) is 13.7. The fraction of sp³-hybridized carbons (Fsp3) is 0.208. The minimum absolute atomic E-state index is 0.359. The molecule has 1 aliphatic carbocycles. The molecule has 3 aromatic heterocycles. The highest BCUT2D eigenvalue weighted by atomic mass is 32.1. The van der Waals surface area contributed by atoms with Crippen LogP contribution in [0, 0.1) is 0 Å². The van der Waals surface area contributed by atoms with Crippen LogP contribution in [0.1, 0.15) is 24.0 Å². The molecule has 2 aromatic carbocycles. The summed E-state index contributed by atoms with van der Waals surface area (Å²) in [4.78, 5) is 14.2. The molecule has 0 amide bonds. The van der Waals surface area contributed by atoms with E-state index in [1.807, 2.05) is 16.7 Å². The van der Waals surface area contributed by atoms with Crippen molar-refractivity contribution in [1.82, 2.24) is 19.5 Å². The van der Waals surface area contributed by atoms with E-state index in [1.54, 1.807) is 17.7 Å². The lowest BCUT2D eigenvalue weighted by molar-refractivity contribution is -0.137. The molecule has 1 N–H and O–H groups in total. The Morgan fingerprint density at radius 1 is 1.03 bits per heavy atom. The van der Waals surface area contributed by atoms with Crippen LogP contribution in [0.25, 0.3) is 32.6 Å². The van der Waals surface area contributed by atoms with Gasteiger partial charge in [0.2, 0.25) is 0 Å². The number of halogens is 3. The van der Waals surface area contributed by atoms with E-state index >= 15 is 0 Å². The molecule has 1 saturated carbocycles. The van der Waals surface area contributed by atoms with Gasteiger partial charge in [-0.25, -0.2) is 15.0 Å². The van der Waals surface area contributed by atoms with Crippen molar-refractivity contribution in [3.05, 3.63) is 71.4 Å². The second-order valence-electron chi connectivity index (χ2n) is 8.20. The third-order valence-corrected chi connectivity index (χ3v) is 6.70. The zero-order chi connectivity index (χ0) is 22.6. The Morgan fingerprint density at radius 2 is 1.82 bits per heavy atom. The van der Waals surface area contributed by atoms with Crippen LogP contribution in [0.2, 0.25) is 0 Å². The van der Waals surface area contributed by atoms with Crippen LogP contribution in [-0.4, -0.2) is 25.6 Å². The summed E-state index contributed by atoms with van der Waals surface area (Å²) in [7, 11) is 0. The minimum Gasteiger partial charge on any atom is -0.365 e. The van der Waals surface area contributed by atoms with Crippen LogP contribution in [0.4, 0.5) is 19.0 Å². The molecule has 5 nitrogen and oxygen atoms in total. The molecule has 0 spiro atoms. The molecule has 0 atom stereocenters. The van der Waals surface area contributed by atoms with E-state index in [0.717, 1.165) is 46.2 Å². The van der Waals surface area contributed by atoms with Gasteiger partial charge in [0.05, 0.1) is 18.4 Å². The van der Waals surface area contributed by atoms with E-state index in [-0.39, 0.29) is 0 Å². The van der Waals surface area contributed by atoms with Crippen molar-refractivity contribution in [2.24, 2.45) is 0 Å². The third kappa shape index (κ3) is 3.82. The van der Waals surface area contributed by atoms with Crippen molar-refractivity contribution < 1.29 is 13.2 Å². The number of nitrogens with one attached hydrogen (secondary N) is 1. The standard InChI is InChI=1S/C24H18F3N5S/c25-24(26,27)15-7-5-14(6-8-15)11-32-13-28-20-22(29-16-9-10-16)30-21(31-23(20)32)18-12-33-19-4-2-1-3-17(18)19/h1-8,12-13,16H,9-11H2,(H,29,30,31). The van der Waals surface area contributed by atoms with Gasteiger partial charge in [-0.1, -0.05) is 30.3 Å². The van der Waals surface area contributed by atoms with Crippen LogP contribution < -0.4 is 5.32 Å². The second kappa shape index (κ2) is 7.55. The molecular formula is C24H18F3N5S. The van der Waals surface area contributed by atoms with Gasteiger partial charge in [-0.05, 0) is 36.6 Å². The molecule has 6 rings (SSSR count). The largest absolute Gasteiger partial charge is 0.416 e. The van der Waals surface area contributed by atoms with E-state index < -0.39 is 11.7 Å². The number of alkyl halides is 3. The van der Waals surface area contributed by atoms with Gasteiger partial charge in [0, 0.05) is 27.1 Å².